The molecule has 0 spiro atoms. The molecule has 0 radical (unpaired) electrons. The van der Waals surface area contributed by atoms with Crippen LogP contribution < -0.4 is 10.5 Å². The minimum atomic E-state index is -0.990. The van der Waals surface area contributed by atoms with Crippen LogP contribution in [0.2, 0.25) is 0 Å². The lowest BCUT2D eigenvalue weighted by atomic mass is 9.69. The first-order valence-electron chi connectivity index (χ1n) is 9.58. The molecule has 1 fully saturated rings. The van der Waals surface area contributed by atoms with Crippen molar-refractivity contribution in [3.05, 3.63) is 60.2 Å². The topological polar surface area (TPSA) is 92.9 Å². The number of para-hydroxylation sites is 1. The van der Waals surface area contributed by atoms with Gasteiger partial charge in [0.05, 0.1) is 11.8 Å². The van der Waals surface area contributed by atoms with Gasteiger partial charge in [-0.1, -0.05) is 37.3 Å². The number of carbonyl (C=O) groups is 2. The van der Waals surface area contributed by atoms with Crippen LogP contribution in [-0.4, -0.2) is 34.5 Å². The van der Waals surface area contributed by atoms with Crippen molar-refractivity contribution < 1.29 is 19.4 Å². The van der Waals surface area contributed by atoms with Crippen LogP contribution in [-0.2, 0) is 16.1 Å². The number of aliphatic carboxylic acids is 1. The van der Waals surface area contributed by atoms with E-state index in [1.807, 2.05) is 61.5 Å². The van der Waals surface area contributed by atoms with E-state index in [-0.39, 0.29) is 5.91 Å². The van der Waals surface area contributed by atoms with E-state index in [1.54, 1.807) is 4.90 Å². The van der Waals surface area contributed by atoms with E-state index < -0.39 is 23.8 Å². The lowest BCUT2D eigenvalue weighted by Crippen LogP contribution is -2.57. The quantitative estimate of drug-likeness (QED) is 0.731. The predicted molar refractivity (Wildman–Crippen MR) is 106 cm³/mol. The van der Waals surface area contributed by atoms with Gasteiger partial charge in [-0.2, -0.15) is 0 Å². The van der Waals surface area contributed by atoms with E-state index >= 15 is 0 Å². The number of carboxylic acids is 1. The third-order valence-electron chi connectivity index (χ3n) is 5.10. The molecule has 6 nitrogen and oxygen atoms in total. The van der Waals surface area contributed by atoms with Crippen LogP contribution in [0.5, 0.6) is 11.5 Å². The predicted octanol–water partition coefficient (Wildman–Crippen LogP) is 3.27. The van der Waals surface area contributed by atoms with Gasteiger partial charge in [-0.25, -0.2) is 0 Å². The molecule has 28 heavy (non-hydrogen) atoms. The van der Waals surface area contributed by atoms with Gasteiger partial charge in [0.2, 0.25) is 5.91 Å². The Morgan fingerprint density at radius 2 is 1.75 bits per heavy atom. The first kappa shape index (κ1) is 19.9. The first-order chi connectivity index (χ1) is 13.5. The molecule has 3 rings (SSSR count). The molecular formula is C22H26N2O4. The Balaban J connectivity index is 1.65. The molecule has 2 aromatic rings. The average molecular weight is 382 g/mol. The number of benzene rings is 2. The number of carboxylic acid groups (broad SMARTS) is 1. The fourth-order valence-electron chi connectivity index (χ4n) is 3.58. The third kappa shape index (κ3) is 4.51. The molecule has 1 aliphatic carbocycles. The van der Waals surface area contributed by atoms with Crippen LogP contribution in [0, 0.1) is 11.8 Å². The lowest BCUT2D eigenvalue weighted by molar-refractivity contribution is -0.158. The highest BCUT2D eigenvalue weighted by Gasteiger charge is 2.49. The standard InChI is InChI=1S/C22H26N2O4/c1-2-12-24(21(25)18-13-19(23)20(18)22(26)27)14-15-8-10-17(11-9-15)28-16-6-4-3-5-7-16/h3-11,18-20H,2,12-14,23H2,1H3,(H,26,27). The molecule has 2 aromatic carbocycles. The maximum Gasteiger partial charge on any atom is 0.308 e. The van der Waals surface area contributed by atoms with Crippen molar-refractivity contribution in [3.63, 3.8) is 0 Å². The average Bonchev–Trinajstić information content (AvgIpc) is 2.67. The number of nitrogens with two attached hydrogens (primary N) is 1. The van der Waals surface area contributed by atoms with E-state index in [0.717, 1.165) is 23.5 Å². The number of nitrogens with zero attached hydrogens (tertiary/aromatic N) is 1. The largest absolute Gasteiger partial charge is 0.481 e. The highest BCUT2D eigenvalue weighted by atomic mass is 16.5. The zero-order valence-corrected chi connectivity index (χ0v) is 16.0. The number of ether oxygens (including phenoxy) is 1. The highest BCUT2D eigenvalue weighted by molar-refractivity contribution is 5.87. The van der Waals surface area contributed by atoms with Crippen molar-refractivity contribution >= 4 is 11.9 Å². The first-order valence-corrected chi connectivity index (χ1v) is 9.58. The number of amides is 1. The van der Waals surface area contributed by atoms with E-state index in [1.165, 1.54) is 0 Å². The Morgan fingerprint density at radius 1 is 1.11 bits per heavy atom. The molecule has 148 valence electrons. The number of hydrogen-bond donors (Lipinski definition) is 2. The molecule has 0 bridgehead atoms. The number of carbonyl (C=O) groups excluding carboxylic acids is 1. The van der Waals surface area contributed by atoms with Crippen molar-refractivity contribution in [2.75, 3.05) is 6.54 Å². The SMILES string of the molecule is CCCN(Cc1ccc(Oc2ccccc2)cc1)C(=O)C1CC(N)C1C(=O)O. The summed E-state index contributed by atoms with van der Waals surface area (Å²) in [7, 11) is 0. The normalized spacial score (nSPS) is 20.9. The van der Waals surface area contributed by atoms with Gasteiger partial charge in [-0.3, -0.25) is 9.59 Å². The summed E-state index contributed by atoms with van der Waals surface area (Å²) in [6, 6.07) is 16.7. The molecule has 0 aliphatic heterocycles. The Hall–Kier alpha value is -2.86. The van der Waals surface area contributed by atoms with Gasteiger partial charge in [-0.05, 0) is 42.7 Å². The van der Waals surface area contributed by atoms with Crippen LogP contribution >= 0.6 is 0 Å². The maximum atomic E-state index is 12.9. The molecule has 1 saturated carbocycles. The fraction of sp³-hybridized carbons (Fsp3) is 0.364. The molecule has 1 amide bonds. The zero-order valence-electron chi connectivity index (χ0n) is 16.0. The van der Waals surface area contributed by atoms with Gasteiger partial charge < -0.3 is 20.5 Å². The van der Waals surface area contributed by atoms with E-state index in [9.17, 15) is 14.7 Å². The summed E-state index contributed by atoms with van der Waals surface area (Å²) in [5.74, 6) is -0.942. The zero-order chi connectivity index (χ0) is 20.1. The minimum absolute atomic E-state index is 0.124. The van der Waals surface area contributed by atoms with Gasteiger partial charge in [0.15, 0.2) is 0 Å². The minimum Gasteiger partial charge on any atom is -0.481 e. The van der Waals surface area contributed by atoms with Gasteiger partial charge in [0, 0.05) is 19.1 Å². The Labute approximate surface area is 164 Å². The van der Waals surface area contributed by atoms with E-state index in [0.29, 0.717) is 19.5 Å². The Morgan fingerprint density at radius 3 is 2.32 bits per heavy atom. The van der Waals surface area contributed by atoms with Gasteiger partial charge in [-0.15, -0.1) is 0 Å². The second kappa shape index (κ2) is 8.89. The van der Waals surface area contributed by atoms with Crippen LogP contribution in [0.3, 0.4) is 0 Å². The summed E-state index contributed by atoms with van der Waals surface area (Å²) in [4.78, 5) is 26.0. The molecule has 3 N–H and O–H groups in total. The molecule has 0 saturated heterocycles. The van der Waals surface area contributed by atoms with Crippen molar-refractivity contribution in [2.24, 2.45) is 17.6 Å². The molecule has 0 aromatic heterocycles. The smallest absolute Gasteiger partial charge is 0.308 e. The van der Waals surface area contributed by atoms with Gasteiger partial charge >= 0.3 is 5.97 Å². The number of hydrogen-bond acceptors (Lipinski definition) is 4. The fourth-order valence-corrected chi connectivity index (χ4v) is 3.58. The maximum absolute atomic E-state index is 12.9. The summed E-state index contributed by atoms with van der Waals surface area (Å²) in [6.45, 7) is 3.02. The number of rotatable bonds is 8. The van der Waals surface area contributed by atoms with Crippen LogP contribution in [0.15, 0.2) is 54.6 Å². The van der Waals surface area contributed by atoms with E-state index in [2.05, 4.69) is 0 Å². The summed E-state index contributed by atoms with van der Waals surface area (Å²) in [6.07, 6.45) is 1.23. The summed E-state index contributed by atoms with van der Waals surface area (Å²) in [5.41, 5.74) is 6.76. The van der Waals surface area contributed by atoms with Crippen LogP contribution in [0.25, 0.3) is 0 Å². The van der Waals surface area contributed by atoms with Crippen molar-refractivity contribution in [3.8, 4) is 11.5 Å². The van der Waals surface area contributed by atoms with Crippen molar-refractivity contribution in [1.29, 1.82) is 0 Å². The Bertz CT molecular complexity index is 807. The van der Waals surface area contributed by atoms with Crippen molar-refractivity contribution in [2.45, 2.75) is 32.4 Å². The molecule has 6 heteroatoms. The summed E-state index contributed by atoms with van der Waals surface area (Å²) >= 11 is 0. The highest BCUT2D eigenvalue weighted by Crippen LogP contribution is 2.35. The van der Waals surface area contributed by atoms with Crippen LogP contribution in [0.4, 0.5) is 0 Å². The summed E-state index contributed by atoms with van der Waals surface area (Å²) in [5, 5.41) is 9.31. The summed E-state index contributed by atoms with van der Waals surface area (Å²) < 4.78 is 5.79. The second-order valence-electron chi connectivity index (χ2n) is 7.19. The molecule has 3 unspecified atom stereocenters. The third-order valence-corrected chi connectivity index (χ3v) is 5.10. The van der Waals surface area contributed by atoms with Gasteiger partial charge in [0.1, 0.15) is 11.5 Å². The molecule has 1 aliphatic rings. The second-order valence-corrected chi connectivity index (χ2v) is 7.19. The van der Waals surface area contributed by atoms with Crippen LogP contribution in [0.1, 0.15) is 25.3 Å². The Kier molecular flexibility index (Phi) is 6.31. The molecular weight excluding hydrogens is 356 g/mol. The van der Waals surface area contributed by atoms with Gasteiger partial charge in [0.25, 0.3) is 0 Å². The van der Waals surface area contributed by atoms with E-state index in [4.69, 9.17) is 10.5 Å². The molecule has 0 heterocycles. The van der Waals surface area contributed by atoms with Crippen molar-refractivity contribution in [1.82, 2.24) is 4.90 Å². The lowest BCUT2D eigenvalue weighted by Gasteiger charge is -2.41. The monoisotopic (exact) mass is 382 g/mol. The molecule has 3 atom stereocenters.